The van der Waals surface area contributed by atoms with Crippen LogP contribution in [0.1, 0.15) is 24.8 Å². The summed E-state index contributed by atoms with van der Waals surface area (Å²) in [7, 11) is 0. The summed E-state index contributed by atoms with van der Waals surface area (Å²) in [5.41, 5.74) is 1.34. The van der Waals surface area contributed by atoms with Crippen molar-refractivity contribution in [2.24, 2.45) is 0 Å². The number of hydrogen-bond acceptors (Lipinski definition) is 2. The van der Waals surface area contributed by atoms with Gasteiger partial charge in [0.2, 0.25) is 0 Å². The second-order valence-corrected chi connectivity index (χ2v) is 5.22. The lowest BCUT2D eigenvalue weighted by molar-refractivity contribution is 0.310. The molecule has 1 heterocycles. The average Bonchev–Trinajstić information content (AvgIpc) is 2.38. The van der Waals surface area contributed by atoms with Gasteiger partial charge in [-0.3, -0.25) is 0 Å². The van der Waals surface area contributed by atoms with E-state index >= 15 is 0 Å². The van der Waals surface area contributed by atoms with Crippen LogP contribution in [0.15, 0.2) is 24.4 Å². The Kier molecular flexibility index (Phi) is 4.52. The number of nitrogens with zero attached hydrogens (tertiary/aromatic N) is 2. The van der Waals surface area contributed by atoms with Gasteiger partial charge in [0.1, 0.15) is 6.07 Å². The number of hydrogen-bond donors (Lipinski definition) is 0. The lowest BCUT2D eigenvalue weighted by atomic mass is 10.1. The maximum atomic E-state index is 9.27. The zero-order valence-electron chi connectivity index (χ0n) is 10.00. The van der Waals surface area contributed by atoms with Crippen LogP contribution in [-0.2, 0) is 0 Å². The Morgan fingerprint density at radius 3 is 2.56 bits per heavy atom. The Balaban J connectivity index is 2.27. The molecule has 1 aliphatic heterocycles. The van der Waals surface area contributed by atoms with Crippen molar-refractivity contribution >= 4 is 28.8 Å². The maximum Gasteiger partial charge on any atom is 0.101 e. The Morgan fingerprint density at radius 2 is 1.94 bits per heavy atom. The molecule has 0 saturated carbocycles. The summed E-state index contributed by atoms with van der Waals surface area (Å²) >= 11 is 12.0. The molecule has 0 radical (unpaired) electrons. The number of nitriles is 1. The summed E-state index contributed by atoms with van der Waals surface area (Å²) in [4.78, 5) is 2.19. The van der Waals surface area contributed by atoms with E-state index in [9.17, 15) is 5.26 Å². The van der Waals surface area contributed by atoms with Gasteiger partial charge < -0.3 is 4.90 Å². The summed E-state index contributed by atoms with van der Waals surface area (Å²) < 4.78 is 0. The van der Waals surface area contributed by atoms with E-state index in [1.807, 2.05) is 6.20 Å². The fourth-order valence-corrected chi connectivity index (χ4v) is 2.61. The number of piperidine rings is 1. The molecule has 4 heteroatoms. The highest BCUT2D eigenvalue weighted by molar-refractivity contribution is 6.35. The molecular formula is C14H14Cl2N2. The van der Waals surface area contributed by atoms with Crippen molar-refractivity contribution in [3.63, 3.8) is 0 Å². The molecule has 0 aromatic heterocycles. The quantitative estimate of drug-likeness (QED) is 0.754. The van der Waals surface area contributed by atoms with Crippen LogP contribution in [-0.4, -0.2) is 18.0 Å². The molecule has 0 bridgehead atoms. The van der Waals surface area contributed by atoms with Crippen molar-refractivity contribution in [2.45, 2.75) is 19.3 Å². The molecule has 0 unspecified atom stereocenters. The third kappa shape index (κ3) is 3.19. The molecule has 0 aliphatic carbocycles. The minimum absolute atomic E-state index is 0.521. The zero-order valence-corrected chi connectivity index (χ0v) is 11.5. The highest BCUT2D eigenvalue weighted by Crippen LogP contribution is 2.27. The second-order valence-electron chi connectivity index (χ2n) is 4.38. The Bertz CT molecular complexity index is 497. The Labute approximate surface area is 117 Å². The summed E-state index contributed by atoms with van der Waals surface area (Å²) in [6.45, 7) is 2.02. The fourth-order valence-electron chi connectivity index (χ4n) is 2.10. The summed E-state index contributed by atoms with van der Waals surface area (Å²) in [6, 6.07) is 7.43. The molecule has 1 aromatic carbocycles. The number of halogens is 2. The van der Waals surface area contributed by atoms with Gasteiger partial charge in [0, 0.05) is 29.9 Å². The van der Waals surface area contributed by atoms with Gasteiger partial charge in [-0.15, -0.1) is 0 Å². The number of likely N-dealkylation sites (tertiary alicyclic amines) is 1. The highest BCUT2D eigenvalue weighted by Gasteiger charge is 2.11. The van der Waals surface area contributed by atoms with Crippen molar-refractivity contribution in [3.05, 3.63) is 40.0 Å². The van der Waals surface area contributed by atoms with Crippen LogP contribution in [0.2, 0.25) is 10.0 Å². The first-order valence-electron chi connectivity index (χ1n) is 6.02. The minimum atomic E-state index is 0.521. The van der Waals surface area contributed by atoms with Gasteiger partial charge in [-0.25, -0.2) is 0 Å². The summed E-state index contributed by atoms with van der Waals surface area (Å²) in [6.07, 6.45) is 5.55. The lowest BCUT2D eigenvalue weighted by Gasteiger charge is -2.25. The molecule has 2 rings (SSSR count). The summed E-state index contributed by atoms with van der Waals surface area (Å²) in [5, 5.41) is 10.4. The first kappa shape index (κ1) is 13.3. The molecule has 0 N–H and O–H groups in total. The van der Waals surface area contributed by atoms with Gasteiger partial charge in [-0.1, -0.05) is 29.3 Å². The second kappa shape index (κ2) is 6.13. The fraction of sp³-hybridized carbons (Fsp3) is 0.357. The summed E-state index contributed by atoms with van der Waals surface area (Å²) in [5.74, 6) is 0. The van der Waals surface area contributed by atoms with Crippen LogP contribution < -0.4 is 0 Å². The van der Waals surface area contributed by atoms with Crippen LogP contribution >= 0.6 is 23.2 Å². The van der Waals surface area contributed by atoms with E-state index in [0.717, 1.165) is 18.7 Å². The molecular weight excluding hydrogens is 267 g/mol. The van der Waals surface area contributed by atoms with E-state index in [-0.39, 0.29) is 0 Å². The molecule has 1 saturated heterocycles. The van der Waals surface area contributed by atoms with Crippen molar-refractivity contribution < 1.29 is 0 Å². The Morgan fingerprint density at radius 1 is 1.22 bits per heavy atom. The third-order valence-electron chi connectivity index (χ3n) is 3.04. The van der Waals surface area contributed by atoms with Crippen molar-refractivity contribution in [2.75, 3.05) is 13.1 Å². The van der Waals surface area contributed by atoms with Crippen LogP contribution in [0, 0.1) is 11.3 Å². The van der Waals surface area contributed by atoms with E-state index in [0.29, 0.717) is 15.6 Å². The topological polar surface area (TPSA) is 27.0 Å². The van der Waals surface area contributed by atoms with Gasteiger partial charge in [-0.05, 0) is 31.4 Å². The molecule has 0 spiro atoms. The van der Waals surface area contributed by atoms with Crippen molar-refractivity contribution in [3.8, 4) is 6.07 Å². The monoisotopic (exact) mass is 280 g/mol. The average molecular weight is 281 g/mol. The van der Waals surface area contributed by atoms with Crippen LogP contribution in [0.3, 0.4) is 0 Å². The predicted octanol–water partition coefficient (Wildman–Crippen LogP) is 4.34. The molecule has 18 heavy (non-hydrogen) atoms. The highest BCUT2D eigenvalue weighted by atomic mass is 35.5. The zero-order chi connectivity index (χ0) is 13.0. The van der Waals surface area contributed by atoms with Crippen molar-refractivity contribution in [1.82, 2.24) is 4.90 Å². The number of allylic oxidation sites excluding steroid dienone is 1. The minimum Gasteiger partial charge on any atom is -0.376 e. The standard InChI is InChI=1S/C14H14Cl2N2/c15-12-4-5-13(14(16)8-12)11(9-17)10-18-6-2-1-3-7-18/h4-5,8,10H,1-3,6-7H2. The molecule has 0 atom stereocenters. The molecule has 2 nitrogen and oxygen atoms in total. The van der Waals surface area contributed by atoms with Gasteiger partial charge in [-0.2, -0.15) is 5.26 Å². The first-order valence-corrected chi connectivity index (χ1v) is 6.77. The smallest absolute Gasteiger partial charge is 0.101 e. The van der Waals surface area contributed by atoms with Gasteiger partial charge >= 0.3 is 0 Å². The van der Waals surface area contributed by atoms with Gasteiger partial charge in [0.25, 0.3) is 0 Å². The lowest BCUT2D eigenvalue weighted by Crippen LogP contribution is -2.24. The molecule has 1 aliphatic rings. The van der Waals surface area contributed by atoms with E-state index in [1.165, 1.54) is 19.3 Å². The third-order valence-corrected chi connectivity index (χ3v) is 3.59. The Hall–Kier alpha value is -1.17. The van der Waals surface area contributed by atoms with E-state index < -0.39 is 0 Å². The largest absolute Gasteiger partial charge is 0.376 e. The normalized spacial score (nSPS) is 16.5. The maximum absolute atomic E-state index is 9.27. The van der Waals surface area contributed by atoms with Crippen LogP contribution in [0.4, 0.5) is 0 Å². The molecule has 1 aromatic rings. The predicted molar refractivity (Wildman–Crippen MR) is 75.5 cm³/mol. The van der Waals surface area contributed by atoms with E-state index in [2.05, 4.69) is 11.0 Å². The number of benzene rings is 1. The SMILES string of the molecule is N#CC(=CN1CCCCC1)c1ccc(Cl)cc1Cl. The van der Waals surface area contributed by atoms with Crippen molar-refractivity contribution in [1.29, 1.82) is 5.26 Å². The van der Waals surface area contributed by atoms with Gasteiger partial charge in [0.15, 0.2) is 0 Å². The molecule has 94 valence electrons. The molecule has 1 fully saturated rings. The van der Waals surface area contributed by atoms with Crippen LogP contribution in [0.25, 0.3) is 5.57 Å². The first-order chi connectivity index (χ1) is 8.70. The molecule has 0 amide bonds. The van der Waals surface area contributed by atoms with E-state index in [4.69, 9.17) is 23.2 Å². The van der Waals surface area contributed by atoms with Crippen LogP contribution in [0.5, 0.6) is 0 Å². The number of rotatable bonds is 2. The van der Waals surface area contributed by atoms with E-state index in [1.54, 1.807) is 18.2 Å². The van der Waals surface area contributed by atoms with Gasteiger partial charge in [0.05, 0.1) is 10.6 Å².